The van der Waals surface area contributed by atoms with Crippen molar-refractivity contribution >= 4 is 17.6 Å². The third-order valence-corrected chi connectivity index (χ3v) is 3.75. The Kier molecular flexibility index (Phi) is 5.19. The zero-order valence-corrected chi connectivity index (χ0v) is 14.0. The summed E-state index contributed by atoms with van der Waals surface area (Å²) in [6.07, 6.45) is 3.52. The van der Waals surface area contributed by atoms with Gasteiger partial charge in [0.1, 0.15) is 5.02 Å². The zero-order valence-electron chi connectivity index (χ0n) is 13.3. The molecule has 0 saturated carbocycles. The average molecular weight is 322 g/mol. The van der Waals surface area contributed by atoms with Gasteiger partial charge in [0, 0.05) is 24.5 Å². The molecule has 118 valence electrons. The van der Waals surface area contributed by atoms with Gasteiger partial charge in [0.2, 0.25) is 0 Å². The topological polar surface area (TPSA) is 57.0 Å². The fraction of sp³-hybridized carbons (Fsp3) is 0.438. The molecule has 0 aliphatic carbocycles. The van der Waals surface area contributed by atoms with Gasteiger partial charge in [-0.2, -0.15) is 5.10 Å². The summed E-state index contributed by atoms with van der Waals surface area (Å²) in [6.45, 7) is 8.79. The Bertz CT molecular complexity index is 680. The summed E-state index contributed by atoms with van der Waals surface area (Å²) in [5.41, 5.74) is 2.87. The van der Waals surface area contributed by atoms with Crippen LogP contribution in [-0.2, 0) is 11.3 Å². The Morgan fingerprint density at radius 3 is 2.73 bits per heavy atom. The number of hydrogen-bond donors (Lipinski definition) is 0. The summed E-state index contributed by atoms with van der Waals surface area (Å²) in [4.78, 5) is 16.2. The molecule has 2 heterocycles. The zero-order chi connectivity index (χ0) is 16.3. The molecule has 2 aromatic heterocycles. The predicted octanol–water partition coefficient (Wildman–Crippen LogP) is 3.92. The number of ether oxygens (including phenoxy) is 1. The molecular weight excluding hydrogens is 302 g/mol. The number of pyridine rings is 1. The van der Waals surface area contributed by atoms with Gasteiger partial charge < -0.3 is 4.74 Å². The van der Waals surface area contributed by atoms with Crippen LogP contribution in [0.3, 0.4) is 0 Å². The highest BCUT2D eigenvalue weighted by molar-refractivity contribution is 6.35. The lowest BCUT2D eigenvalue weighted by atomic mass is 9.97. The van der Waals surface area contributed by atoms with E-state index in [9.17, 15) is 4.79 Å². The van der Waals surface area contributed by atoms with E-state index in [2.05, 4.69) is 23.9 Å². The standard InChI is InChI=1S/C16H20ClN3O2/c1-5-20-15(12-9-18-8-7-11(12)10(3)4)13(17)14(19-20)16(21)22-6-2/h7-10H,5-6H2,1-4H3. The van der Waals surface area contributed by atoms with Crippen molar-refractivity contribution in [2.45, 2.75) is 40.2 Å². The first-order chi connectivity index (χ1) is 10.5. The van der Waals surface area contributed by atoms with Crippen molar-refractivity contribution < 1.29 is 9.53 Å². The summed E-state index contributed by atoms with van der Waals surface area (Å²) >= 11 is 6.44. The maximum Gasteiger partial charge on any atom is 0.360 e. The van der Waals surface area contributed by atoms with Crippen LogP contribution in [0.2, 0.25) is 5.02 Å². The van der Waals surface area contributed by atoms with Gasteiger partial charge in [0.05, 0.1) is 12.3 Å². The van der Waals surface area contributed by atoms with Crippen LogP contribution in [0.1, 0.15) is 49.7 Å². The molecule has 0 unspecified atom stereocenters. The number of hydrogen-bond acceptors (Lipinski definition) is 4. The quantitative estimate of drug-likeness (QED) is 0.783. The number of nitrogens with zero attached hydrogens (tertiary/aromatic N) is 3. The minimum Gasteiger partial charge on any atom is -0.461 e. The smallest absolute Gasteiger partial charge is 0.360 e. The van der Waals surface area contributed by atoms with E-state index in [0.29, 0.717) is 23.2 Å². The molecule has 2 aromatic rings. The average Bonchev–Trinajstić information content (AvgIpc) is 2.84. The third kappa shape index (κ3) is 2.99. The molecule has 0 fully saturated rings. The number of aromatic nitrogens is 3. The monoisotopic (exact) mass is 321 g/mol. The van der Waals surface area contributed by atoms with Crippen molar-refractivity contribution in [3.63, 3.8) is 0 Å². The molecule has 2 rings (SSSR count). The van der Waals surface area contributed by atoms with Crippen molar-refractivity contribution in [3.8, 4) is 11.3 Å². The largest absolute Gasteiger partial charge is 0.461 e. The van der Waals surface area contributed by atoms with E-state index in [1.54, 1.807) is 24.0 Å². The number of carbonyl (C=O) groups excluding carboxylic acids is 1. The number of aryl methyl sites for hydroxylation is 1. The van der Waals surface area contributed by atoms with Crippen molar-refractivity contribution in [2.75, 3.05) is 6.61 Å². The molecule has 0 N–H and O–H groups in total. The van der Waals surface area contributed by atoms with Crippen LogP contribution in [-0.4, -0.2) is 27.3 Å². The fourth-order valence-corrected chi connectivity index (χ4v) is 2.68. The minimum atomic E-state index is -0.504. The van der Waals surface area contributed by atoms with Crippen LogP contribution in [0.15, 0.2) is 18.5 Å². The SMILES string of the molecule is CCOC(=O)c1nn(CC)c(-c2cnccc2C(C)C)c1Cl. The Morgan fingerprint density at radius 2 is 2.14 bits per heavy atom. The van der Waals surface area contributed by atoms with E-state index >= 15 is 0 Å². The Hall–Kier alpha value is -1.88. The van der Waals surface area contributed by atoms with Gasteiger partial charge in [-0.15, -0.1) is 0 Å². The van der Waals surface area contributed by atoms with Gasteiger partial charge in [-0.25, -0.2) is 4.79 Å². The van der Waals surface area contributed by atoms with Gasteiger partial charge in [0.25, 0.3) is 0 Å². The first-order valence-electron chi connectivity index (χ1n) is 7.38. The van der Waals surface area contributed by atoms with E-state index in [1.165, 1.54) is 0 Å². The van der Waals surface area contributed by atoms with Crippen LogP contribution in [0.5, 0.6) is 0 Å². The number of carbonyl (C=O) groups is 1. The molecule has 0 bridgehead atoms. The number of rotatable bonds is 5. The van der Waals surface area contributed by atoms with Crippen molar-refractivity contribution in [1.82, 2.24) is 14.8 Å². The highest BCUT2D eigenvalue weighted by Gasteiger charge is 2.25. The second-order valence-corrected chi connectivity index (χ2v) is 5.54. The number of halogens is 1. The summed E-state index contributed by atoms with van der Waals surface area (Å²) in [6, 6.07) is 1.97. The van der Waals surface area contributed by atoms with Crippen molar-refractivity contribution in [2.24, 2.45) is 0 Å². The molecule has 0 radical (unpaired) electrons. The Labute approximate surface area is 135 Å². The fourth-order valence-electron chi connectivity index (χ4n) is 2.36. The van der Waals surface area contributed by atoms with E-state index < -0.39 is 5.97 Å². The van der Waals surface area contributed by atoms with Crippen molar-refractivity contribution in [1.29, 1.82) is 0 Å². The van der Waals surface area contributed by atoms with E-state index in [-0.39, 0.29) is 12.3 Å². The molecule has 0 aliphatic heterocycles. The highest BCUT2D eigenvalue weighted by Crippen LogP contribution is 2.35. The second kappa shape index (κ2) is 6.92. The summed E-state index contributed by atoms with van der Waals surface area (Å²) in [5, 5.41) is 4.62. The van der Waals surface area contributed by atoms with Gasteiger partial charge in [-0.1, -0.05) is 25.4 Å². The van der Waals surface area contributed by atoms with Gasteiger partial charge in [-0.05, 0) is 31.4 Å². The van der Waals surface area contributed by atoms with Crippen molar-refractivity contribution in [3.05, 3.63) is 34.7 Å². The molecule has 0 atom stereocenters. The molecule has 5 nitrogen and oxygen atoms in total. The molecule has 0 amide bonds. The molecule has 0 saturated heterocycles. The molecular formula is C16H20ClN3O2. The van der Waals surface area contributed by atoms with E-state index in [4.69, 9.17) is 16.3 Å². The van der Waals surface area contributed by atoms with Gasteiger partial charge >= 0.3 is 5.97 Å². The molecule has 6 heteroatoms. The predicted molar refractivity (Wildman–Crippen MR) is 86.2 cm³/mol. The summed E-state index contributed by atoms with van der Waals surface area (Å²) in [7, 11) is 0. The summed E-state index contributed by atoms with van der Waals surface area (Å²) < 4.78 is 6.74. The molecule has 0 aromatic carbocycles. The molecule has 0 aliphatic rings. The minimum absolute atomic E-state index is 0.152. The number of esters is 1. The first kappa shape index (κ1) is 16.5. The van der Waals surface area contributed by atoms with E-state index in [1.807, 2.05) is 13.0 Å². The van der Waals surface area contributed by atoms with Crippen LogP contribution in [0.25, 0.3) is 11.3 Å². The van der Waals surface area contributed by atoms with Crippen LogP contribution >= 0.6 is 11.6 Å². The van der Waals surface area contributed by atoms with Gasteiger partial charge in [-0.3, -0.25) is 9.67 Å². The lowest BCUT2D eigenvalue weighted by Gasteiger charge is -2.13. The van der Waals surface area contributed by atoms with Crippen LogP contribution in [0, 0.1) is 0 Å². The van der Waals surface area contributed by atoms with E-state index in [0.717, 1.165) is 11.1 Å². The lowest BCUT2D eigenvalue weighted by molar-refractivity contribution is 0.0518. The second-order valence-electron chi connectivity index (χ2n) is 5.17. The lowest BCUT2D eigenvalue weighted by Crippen LogP contribution is -2.07. The van der Waals surface area contributed by atoms with Gasteiger partial charge in [0.15, 0.2) is 5.69 Å². The third-order valence-electron chi connectivity index (χ3n) is 3.39. The Morgan fingerprint density at radius 1 is 1.41 bits per heavy atom. The Balaban J connectivity index is 2.63. The normalized spacial score (nSPS) is 11.0. The molecule has 0 spiro atoms. The van der Waals surface area contributed by atoms with Crippen LogP contribution in [0.4, 0.5) is 0 Å². The maximum absolute atomic E-state index is 12.0. The summed E-state index contributed by atoms with van der Waals surface area (Å²) in [5.74, 6) is -0.198. The first-order valence-corrected chi connectivity index (χ1v) is 7.76. The highest BCUT2D eigenvalue weighted by atomic mass is 35.5. The van der Waals surface area contributed by atoms with Crippen LogP contribution < -0.4 is 0 Å². The molecule has 22 heavy (non-hydrogen) atoms. The maximum atomic E-state index is 12.0.